The highest BCUT2D eigenvalue weighted by molar-refractivity contribution is 6.15. The molecule has 0 amide bonds. The highest BCUT2D eigenvalue weighted by Gasteiger charge is 2.39. The molecule has 0 N–H and O–H groups in total. The Morgan fingerprint density at radius 3 is 3.04 bits per heavy atom. The molecule has 128 valence electrons. The molecule has 0 aliphatic carbocycles. The highest BCUT2D eigenvalue weighted by Crippen LogP contribution is 2.33. The molecule has 25 heavy (non-hydrogen) atoms. The average Bonchev–Trinajstić information content (AvgIpc) is 3.37. The van der Waals surface area contributed by atoms with E-state index in [0.29, 0.717) is 18.8 Å². The van der Waals surface area contributed by atoms with Gasteiger partial charge < -0.3 is 14.4 Å². The summed E-state index contributed by atoms with van der Waals surface area (Å²) in [6.07, 6.45) is 3.38. The molecule has 5 heteroatoms. The zero-order valence-electron chi connectivity index (χ0n) is 14.3. The largest absolute Gasteiger partial charge is 0.494 e. The Bertz CT molecular complexity index is 849. The van der Waals surface area contributed by atoms with Crippen LogP contribution in [0.3, 0.4) is 0 Å². The minimum absolute atomic E-state index is 0.369. The van der Waals surface area contributed by atoms with Gasteiger partial charge in [-0.15, -0.1) is 0 Å². The van der Waals surface area contributed by atoms with E-state index in [9.17, 15) is 0 Å². The van der Waals surface area contributed by atoms with Crippen LogP contribution >= 0.6 is 0 Å². The molecule has 2 bridgehead atoms. The van der Waals surface area contributed by atoms with E-state index in [1.54, 1.807) is 0 Å². The third-order valence-corrected chi connectivity index (χ3v) is 5.27. The Kier molecular flexibility index (Phi) is 3.48. The number of benzene rings is 1. The zero-order chi connectivity index (χ0) is 16.8. The van der Waals surface area contributed by atoms with Gasteiger partial charge in [0.15, 0.2) is 0 Å². The molecule has 4 heterocycles. The van der Waals surface area contributed by atoms with Crippen LogP contribution in [0.4, 0.5) is 5.82 Å². The minimum atomic E-state index is 0.369. The number of rotatable bonds is 4. The van der Waals surface area contributed by atoms with E-state index in [1.807, 2.05) is 19.2 Å². The molecule has 2 fully saturated rings. The van der Waals surface area contributed by atoms with Gasteiger partial charge in [-0.05, 0) is 43.2 Å². The van der Waals surface area contributed by atoms with Crippen molar-refractivity contribution in [3.05, 3.63) is 53.2 Å². The van der Waals surface area contributed by atoms with Crippen LogP contribution in [0.25, 0.3) is 0 Å². The summed E-state index contributed by atoms with van der Waals surface area (Å²) >= 11 is 0. The van der Waals surface area contributed by atoms with Crippen molar-refractivity contribution in [2.45, 2.75) is 32.0 Å². The molecule has 0 spiro atoms. The maximum Gasteiger partial charge on any atom is 0.129 e. The molecule has 2 saturated heterocycles. The lowest BCUT2D eigenvalue weighted by Crippen LogP contribution is -2.37. The van der Waals surface area contributed by atoms with Crippen molar-refractivity contribution in [3.8, 4) is 5.75 Å². The van der Waals surface area contributed by atoms with Crippen LogP contribution in [0, 0.1) is 0 Å². The van der Waals surface area contributed by atoms with Gasteiger partial charge in [-0.25, -0.2) is 4.98 Å². The molecule has 3 aliphatic heterocycles. The highest BCUT2D eigenvalue weighted by atomic mass is 16.5. The Balaban J connectivity index is 1.47. The van der Waals surface area contributed by atoms with E-state index in [1.165, 1.54) is 11.1 Å². The van der Waals surface area contributed by atoms with Gasteiger partial charge in [-0.3, -0.25) is 4.99 Å². The Morgan fingerprint density at radius 2 is 2.24 bits per heavy atom. The van der Waals surface area contributed by atoms with Crippen molar-refractivity contribution in [2.24, 2.45) is 4.99 Å². The van der Waals surface area contributed by atoms with Crippen LogP contribution in [0.2, 0.25) is 0 Å². The Morgan fingerprint density at radius 1 is 1.28 bits per heavy atom. The summed E-state index contributed by atoms with van der Waals surface area (Å²) in [6.45, 7) is 5.17. The topological polar surface area (TPSA) is 47.0 Å². The first-order valence-corrected chi connectivity index (χ1v) is 8.97. The van der Waals surface area contributed by atoms with E-state index < -0.39 is 0 Å². The quantitative estimate of drug-likeness (QED) is 0.862. The minimum Gasteiger partial charge on any atom is -0.494 e. The maximum atomic E-state index is 5.71. The fraction of sp³-hybridized carbons (Fsp3) is 0.400. The first-order chi connectivity index (χ1) is 12.3. The van der Waals surface area contributed by atoms with Gasteiger partial charge in [0.1, 0.15) is 11.6 Å². The van der Waals surface area contributed by atoms with Crippen LogP contribution in [-0.2, 0) is 11.3 Å². The van der Waals surface area contributed by atoms with E-state index in [4.69, 9.17) is 14.5 Å². The smallest absolute Gasteiger partial charge is 0.129 e. The first kappa shape index (κ1) is 14.9. The summed E-state index contributed by atoms with van der Waals surface area (Å²) < 4.78 is 11.4. The van der Waals surface area contributed by atoms with Crippen molar-refractivity contribution in [2.75, 3.05) is 24.7 Å². The second kappa shape index (κ2) is 5.85. The lowest BCUT2D eigenvalue weighted by molar-refractivity contribution is 0.0989. The lowest BCUT2D eigenvalue weighted by Gasteiger charge is -2.28. The van der Waals surface area contributed by atoms with Crippen molar-refractivity contribution in [3.63, 3.8) is 0 Å². The lowest BCUT2D eigenvalue weighted by atomic mass is 10.0. The van der Waals surface area contributed by atoms with E-state index in [0.717, 1.165) is 49.0 Å². The van der Waals surface area contributed by atoms with Gasteiger partial charge in [0.25, 0.3) is 0 Å². The van der Waals surface area contributed by atoms with Gasteiger partial charge in [0.2, 0.25) is 0 Å². The third kappa shape index (κ3) is 2.50. The van der Waals surface area contributed by atoms with Gasteiger partial charge in [-0.1, -0.05) is 6.07 Å². The second-order valence-corrected chi connectivity index (χ2v) is 6.82. The molecular weight excluding hydrogens is 314 g/mol. The molecule has 2 aromatic rings. The van der Waals surface area contributed by atoms with Gasteiger partial charge in [0, 0.05) is 23.9 Å². The zero-order valence-corrected chi connectivity index (χ0v) is 14.3. The van der Waals surface area contributed by atoms with E-state index >= 15 is 0 Å². The summed E-state index contributed by atoms with van der Waals surface area (Å²) in [5.41, 5.74) is 4.60. The van der Waals surface area contributed by atoms with Crippen LogP contribution in [0.1, 0.15) is 30.0 Å². The van der Waals surface area contributed by atoms with Crippen molar-refractivity contribution in [1.29, 1.82) is 0 Å². The summed E-state index contributed by atoms with van der Waals surface area (Å²) in [5.74, 6) is 1.93. The number of pyridine rings is 1. The van der Waals surface area contributed by atoms with E-state index in [-0.39, 0.29) is 0 Å². The van der Waals surface area contributed by atoms with Crippen LogP contribution in [0.15, 0.2) is 41.5 Å². The fourth-order valence-corrected chi connectivity index (χ4v) is 4.07. The molecular formula is C20H21N3O2. The number of hydrogen-bond donors (Lipinski definition) is 0. The molecule has 1 aromatic heterocycles. The summed E-state index contributed by atoms with van der Waals surface area (Å²) in [7, 11) is 0. The van der Waals surface area contributed by atoms with Crippen molar-refractivity contribution >= 4 is 11.5 Å². The number of fused-ring (bicyclic) bond motifs is 3. The number of aromatic nitrogens is 1. The van der Waals surface area contributed by atoms with Gasteiger partial charge in [-0.2, -0.15) is 0 Å². The monoisotopic (exact) mass is 335 g/mol. The normalized spacial score (nSPS) is 23.7. The molecule has 0 unspecified atom stereocenters. The van der Waals surface area contributed by atoms with Gasteiger partial charge >= 0.3 is 0 Å². The maximum absolute atomic E-state index is 5.71. The Labute approximate surface area is 147 Å². The number of hydrogen-bond acceptors (Lipinski definition) is 5. The fourth-order valence-electron chi connectivity index (χ4n) is 4.07. The average molecular weight is 335 g/mol. The van der Waals surface area contributed by atoms with Crippen LogP contribution in [0.5, 0.6) is 5.75 Å². The van der Waals surface area contributed by atoms with Crippen molar-refractivity contribution < 1.29 is 9.47 Å². The number of aliphatic imine (C=N–C) groups is 1. The molecule has 2 atom stereocenters. The molecule has 0 radical (unpaired) electrons. The van der Waals surface area contributed by atoms with E-state index in [2.05, 4.69) is 34.1 Å². The number of anilines is 1. The van der Waals surface area contributed by atoms with Crippen LogP contribution in [-0.4, -0.2) is 42.6 Å². The van der Waals surface area contributed by atoms with Crippen molar-refractivity contribution in [1.82, 2.24) is 4.98 Å². The SMILES string of the molecule is CCOc1ccc2c(c1)C(c1ccnc(N3C[C@@H]4C[C@H]3CO4)c1)=NC2. The third-order valence-electron chi connectivity index (χ3n) is 5.27. The predicted molar refractivity (Wildman–Crippen MR) is 96.7 cm³/mol. The molecule has 5 nitrogen and oxygen atoms in total. The molecule has 3 aliphatic rings. The van der Waals surface area contributed by atoms with Crippen LogP contribution < -0.4 is 9.64 Å². The van der Waals surface area contributed by atoms with Gasteiger partial charge in [0.05, 0.1) is 37.6 Å². The second-order valence-electron chi connectivity index (χ2n) is 6.82. The Hall–Kier alpha value is -2.40. The standard InChI is InChI=1S/C20H21N3O2/c1-2-24-16-4-3-14-10-22-20(18(14)9-16)13-5-6-21-19(7-13)23-11-17-8-15(23)12-25-17/h3-7,9,15,17H,2,8,10-12H2,1H3/t15-,17-/m0/s1. The number of ether oxygens (including phenoxy) is 2. The summed E-state index contributed by atoms with van der Waals surface area (Å²) in [4.78, 5) is 11.8. The molecule has 0 saturated carbocycles. The number of morpholine rings is 1. The summed E-state index contributed by atoms with van der Waals surface area (Å²) in [5, 5.41) is 0. The summed E-state index contributed by atoms with van der Waals surface area (Å²) in [6, 6.07) is 10.9. The number of nitrogens with zero attached hydrogens (tertiary/aromatic N) is 3. The molecule has 1 aromatic carbocycles. The first-order valence-electron chi connectivity index (χ1n) is 8.97. The predicted octanol–water partition coefficient (Wildman–Crippen LogP) is 2.81. The molecule has 5 rings (SSSR count).